The van der Waals surface area contributed by atoms with E-state index in [1.807, 2.05) is 6.92 Å². The molecule has 68 valence electrons. The van der Waals surface area contributed by atoms with Crippen LogP contribution in [-0.4, -0.2) is 4.98 Å². The van der Waals surface area contributed by atoms with Crippen LogP contribution in [0.3, 0.4) is 0 Å². The van der Waals surface area contributed by atoms with E-state index in [2.05, 4.69) is 36.2 Å². The van der Waals surface area contributed by atoms with E-state index in [1.165, 1.54) is 16.5 Å². The first-order valence-corrected chi connectivity index (χ1v) is 4.52. The van der Waals surface area contributed by atoms with E-state index in [1.54, 1.807) is 0 Å². The van der Waals surface area contributed by atoms with Gasteiger partial charge in [-0.05, 0) is 30.9 Å². The number of aryl methyl sites for hydroxylation is 1. The van der Waals surface area contributed by atoms with Gasteiger partial charge in [0.05, 0.1) is 0 Å². The van der Waals surface area contributed by atoms with Crippen LogP contribution in [0.15, 0.2) is 24.3 Å². The van der Waals surface area contributed by atoms with Crippen molar-refractivity contribution in [1.29, 1.82) is 0 Å². The van der Waals surface area contributed by atoms with Crippen molar-refractivity contribution in [2.75, 3.05) is 0 Å². The van der Waals surface area contributed by atoms with Crippen LogP contribution in [-0.2, 0) is 0 Å². The maximum Gasteiger partial charge on any atom is 0.0486 e. The lowest BCUT2D eigenvalue weighted by Gasteiger charge is -1.99. The van der Waals surface area contributed by atoms with Crippen LogP contribution >= 0.6 is 0 Å². The number of fused-ring (bicyclic) bond motifs is 1. The lowest BCUT2D eigenvalue weighted by Crippen LogP contribution is -2.04. The summed E-state index contributed by atoms with van der Waals surface area (Å²) in [5, 5.41) is 1.24. The number of aromatic nitrogens is 1. The highest BCUT2D eigenvalue weighted by molar-refractivity contribution is 5.83. The normalized spacial score (nSPS) is 13.5. The minimum absolute atomic E-state index is 0.0757. The number of benzene rings is 1. The number of nitrogens with one attached hydrogen (secondary N) is 1. The minimum atomic E-state index is 0.0757. The fourth-order valence-corrected chi connectivity index (χ4v) is 1.57. The Balaban J connectivity index is 2.68. The smallest absolute Gasteiger partial charge is 0.0486 e. The Morgan fingerprint density at radius 1 is 1.38 bits per heavy atom. The molecular formula is C11H14N2. The first-order valence-electron chi connectivity index (χ1n) is 4.52. The molecule has 13 heavy (non-hydrogen) atoms. The SMILES string of the molecule is Cc1cccc2cc(C(C)N)[nH]c12. The van der Waals surface area contributed by atoms with Gasteiger partial charge in [-0.3, -0.25) is 0 Å². The fraction of sp³-hybridized carbons (Fsp3) is 0.273. The Kier molecular flexibility index (Phi) is 1.85. The summed E-state index contributed by atoms with van der Waals surface area (Å²) in [6.07, 6.45) is 0. The number of nitrogens with two attached hydrogens (primary N) is 1. The number of hydrogen-bond donors (Lipinski definition) is 2. The molecule has 2 nitrogen and oxygen atoms in total. The standard InChI is InChI=1S/C11H14N2/c1-7-4-3-5-9-6-10(8(2)12)13-11(7)9/h3-6,8,13H,12H2,1-2H3. The Labute approximate surface area is 77.8 Å². The van der Waals surface area contributed by atoms with Crippen LogP contribution in [0.5, 0.6) is 0 Å². The molecule has 1 aromatic carbocycles. The molecule has 1 unspecified atom stereocenters. The minimum Gasteiger partial charge on any atom is -0.357 e. The zero-order valence-electron chi connectivity index (χ0n) is 7.96. The number of aromatic amines is 1. The molecular weight excluding hydrogens is 160 g/mol. The molecule has 0 fully saturated rings. The quantitative estimate of drug-likeness (QED) is 0.685. The molecule has 0 saturated carbocycles. The number of rotatable bonds is 1. The van der Waals surface area contributed by atoms with Crippen molar-refractivity contribution < 1.29 is 0 Å². The second-order valence-corrected chi connectivity index (χ2v) is 3.55. The molecule has 0 aliphatic rings. The van der Waals surface area contributed by atoms with Gasteiger partial charge in [-0.1, -0.05) is 18.2 Å². The first kappa shape index (κ1) is 8.32. The van der Waals surface area contributed by atoms with Gasteiger partial charge in [-0.2, -0.15) is 0 Å². The first-order chi connectivity index (χ1) is 6.18. The molecule has 2 heteroatoms. The van der Waals surface area contributed by atoms with E-state index >= 15 is 0 Å². The third kappa shape index (κ3) is 1.33. The largest absolute Gasteiger partial charge is 0.357 e. The van der Waals surface area contributed by atoms with Crippen molar-refractivity contribution in [2.45, 2.75) is 19.9 Å². The third-order valence-electron chi connectivity index (χ3n) is 2.38. The average Bonchev–Trinajstić information content (AvgIpc) is 2.49. The van der Waals surface area contributed by atoms with Gasteiger partial charge in [0.15, 0.2) is 0 Å². The second-order valence-electron chi connectivity index (χ2n) is 3.55. The molecule has 2 rings (SSSR count). The van der Waals surface area contributed by atoms with E-state index in [-0.39, 0.29) is 6.04 Å². The molecule has 0 aliphatic carbocycles. The van der Waals surface area contributed by atoms with E-state index in [0.29, 0.717) is 0 Å². The van der Waals surface area contributed by atoms with Crippen LogP contribution in [0.1, 0.15) is 24.2 Å². The lowest BCUT2D eigenvalue weighted by atomic mass is 10.1. The Bertz CT molecular complexity index is 427. The summed E-state index contributed by atoms with van der Waals surface area (Å²) in [7, 11) is 0. The zero-order chi connectivity index (χ0) is 9.42. The summed E-state index contributed by atoms with van der Waals surface area (Å²) in [6, 6.07) is 8.46. The average molecular weight is 174 g/mol. The Morgan fingerprint density at radius 2 is 2.15 bits per heavy atom. The van der Waals surface area contributed by atoms with Crippen molar-refractivity contribution in [3.05, 3.63) is 35.5 Å². The van der Waals surface area contributed by atoms with E-state index in [4.69, 9.17) is 5.73 Å². The summed E-state index contributed by atoms with van der Waals surface area (Å²) in [5.74, 6) is 0. The van der Waals surface area contributed by atoms with Gasteiger partial charge in [-0.25, -0.2) is 0 Å². The van der Waals surface area contributed by atoms with Gasteiger partial charge >= 0.3 is 0 Å². The molecule has 1 heterocycles. The number of para-hydroxylation sites is 1. The van der Waals surface area contributed by atoms with E-state index in [0.717, 1.165) is 5.69 Å². The van der Waals surface area contributed by atoms with Gasteiger partial charge in [0, 0.05) is 17.3 Å². The van der Waals surface area contributed by atoms with E-state index < -0.39 is 0 Å². The Hall–Kier alpha value is -1.28. The monoisotopic (exact) mass is 174 g/mol. The van der Waals surface area contributed by atoms with Gasteiger partial charge in [0.1, 0.15) is 0 Å². The molecule has 1 atom stereocenters. The highest BCUT2D eigenvalue weighted by Gasteiger charge is 2.04. The summed E-state index contributed by atoms with van der Waals surface area (Å²) >= 11 is 0. The predicted molar refractivity (Wildman–Crippen MR) is 55.6 cm³/mol. The van der Waals surface area contributed by atoms with Gasteiger partial charge in [0.25, 0.3) is 0 Å². The second kappa shape index (κ2) is 2.89. The highest BCUT2D eigenvalue weighted by atomic mass is 14.8. The maximum atomic E-state index is 5.80. The van der Waals surface area contributed by atoms with Crippen molar-refractivity contribution in [1.82, 2.24) is 4.98 Å². The maximum absolute atomic E-state index is 5.80. The number of hydrogen-bond acceptors (Lipinski definition) is 1. The lowest BCUT2D eigenvalue weighted by molar-refractivity contribution is 0.792. The fourth-order valence-electron chi connectivity index (χ4n) is 1.57. The third-order valence-corrected chi connectivity index (χ3v) is 2.38. The molecule has 3 N–H and O–H groups in total. The Morgan fingerprint density at radius 3 is 2.77 bits per heavy atom. The molecule has 0 bridgehead atoms. The van der Waals surface area contributed by atoms with Crippen LogP contribution in [0, 0.1) is 6.92 Å². The van der Waals surface area contributed by atoms with Crippen LogP contribution in [0.4, 0.5) is 0 Å². The van der Waals surface area contributed by atoms with Crippen molar-refractivity contribution in [2.24, 2.45) is 5.73 Å². The topological polar surface area (TPSA) is 41.8 Å². The molecule has 0 spiro atoms. The zero-order valence-corrected chi connectivity index (χ0v) is 7.96. The van der Waals surface area contributed by atoms with Crippen molar-refractivity contribution in [3.63, 3.8) is 0 Å². The van der Waals surface area contributed by atoms with E-state index in [9.17, 15) is 0 Å². The summed E-state index contributed by atoms with van der Waals surface area (Å²) in [4.78, 5) is 3.34. The molecule has 0 amide bonds. The summed E-state index contributed by atoms with van der Waals surface area (Å²) in [5.41, 5.74) is 9.37. The van der Waals surface area contributed by atoms with Gasteiger partial charge < -0.3 is 10.7 Å². The predicted octanol–water partition coefficient (Wildman–Crippen LogP) is 2.50. The van der Waals surface area contributed by atoms with Crippen molar-refractivity contribution in [3.8, 4) is 0 Å². The van der Waals surface area contributed by atoms with Crippen LogP contribution in [0.2, 0.25) is 0 Å². The summed E-state index contributed by atoms with van der Waals surface area (Å²) in [6.45, 7) is 4.09. The van der Waals surface area contributed by atoms with Gasteiger partial charge in [0.2, 0.25) is 0 Å². The highest BCUT2D eigenvalue weighted by Crippen LogP contribution is 2.21. The molecule has 0 aliphatic heterocycles. The van der Waals surface area contributed by atoms with Crippen LogP contribution < -0.4 is 5.73 Å². The summed E-state index contributed by atoms with van der Waals surface area (Å²) < 4.78 is 0. The molecule has 1 aromatic heterocycles. The number of H-pyrrole nitrogens is 1. The van der Waals surface area contributed by atoms with Crippen LogP contribution in [0.25, 0.3) is 10.9 Å². The van der Waals surface area contributed by atoms with Gasteiger partial charge in [-0.15, -0.1) is 0 Å². The molecule has 0 radical (unpaired) electrons. The molecule has 2 aromatic rings. The molecule has 0 saturated heterocycles. The van der Waals surface area contributed by atoms with Crippen molar-refractivity contribution >= 4 is 10.9 Å².